The zero-order valence-electron chi connectivity index (χ0n) is 27.7. The first-order valence-electron chi connectivity index (χ1n) is 16.9. The Morgan fingerprint density at radius 1 is 0.368 bits per heavy atom. The summed E-state index contributed by atoms with van der Waals surface area (Å²) in [6.45, 7) is 18.8. The molecule has 0 bridgehead atoms. The fourth-order valence-electron chi connectivity index (χ4n) is 5.29. The smallest absolute Gasteiger partial charge is 0.0594 e. The molecule has 1 N–H and O–H groups in total. The summed E-state index contributed by atoms with van der Waals surface area (Å²) in [6, 6.07) is 0. The summed E-state index contributed by atoms with van der Waals surface area (Å²) in [6.07, 6.45) is 35.9. The molecular weight excluding hydrogens is 505 g/mol. The Bertz CT molecular complexity index is 325. The monoisotopic (exact) mass is 579 g/mol. The van der Waals surface area contributed by atoms with E-state index in [-0.39, 0.29) is 0 Å². The van der Waals surface area contributed by atoms with E-state index in [1.165, 1.54) is 103 Å². The second-order valence-electron chi connectivity index (χ2n) is 11.6. The second kappa shape index (κ2) is 32.3. The van der Waals surface area contributed by atoms with E-state index < -0.39 is 21.8 Å². The molecule has 0 radical (unpaired) electrons. The van der Waals surface area contributed by atoms with E-state index in [1.807, 2.05) is 0 Å². The molecular formula is C32H73BO3P2. The van der Waals surface area contributed by atoms with Crippen LogP contribution in [0, 0.1) is 0 Å². The van der Waals surface area contributed by atoms with Crippen molar-refractivity contribution >= 4 is 21.8 Å². The van der Waals surface area contributed by atoms with Crippen molar-refractivity contribution in [2.24, 2.45) is 0 Å². The summed E-state index contributed by atoms with van der Waals surface area (Å²) in [5, 5.41) is 24.0. The number of unbranched alkanes of at least 4 members (excludes halogenated alkanes) is 8. The van der Waals surface area contributed by atoms with Crippen molar-refractivity contribution in [2.45, 2.75) is 158 Å². The molecule has 0 aromatic heterocycles. The highest BCUT2D eigenvalue weighted by Gasteiger charge is 2.35. The summed E-state index contributed by atoms with van der Waals surface area (Å²) < 4.78 is 0. The zero-order valence-corrected chi connectivity index (χ0v) is 29.5. The van der Waals surface area contributed by atoms with Crippen LogP contribution in [-0.2, 0) is 0 Å². The van der Waals surface area contributed by atoms with Crippen LogP contribution in [0.2, 0.25) is 0 Å². The van der Waals surface area contributed by atoms with Gasteiger partial charge in [0.15, 0.2) is 0 Å². The van der Waals surface area contributed by atoms with E-state index in [4.69, 9.17) is 15.1 Å². The fourth-order valence-corrected chi connectivity index (χ4v) is 15.9. The van der Waals surface area contributed by atoms with Crippen molar-refractivity contribution in [3.8, 4) is 0 Å². The van der Waals surface area contributed by atoms with Gasteiger partial charge in [-0.25, -0.2) is 0 Å². The van der Waals surface area contributed by atoms with E-state index in [0.29, 0.717) is 0 Å². The Morgan fingerprint density at radius 3 is 0.553 bits per heavy atom. The van der Waals surface area contributed by atoms with E-state index in [9.17, 15) is 0 Å². The summed E-state index contributed by atoms with van der Waals surface area (Å²) in [5.74, 6) is 0. The highest BCUT2D eigenvalue weighted by molar-refractivity contribution is 7.76. The van der Waals surface area contributed by atoms with Crippen LogP contribution in [0.1, 0.15) is 158 Å². The van der Waals surface area contributed by atoms with Gasteiger partial charge >= 0.3 is 0 Å². The summed E-state index contributed by atoms with van der Waals surface area (Å²) in [5.41, 5.74) is 0. The lowest BCUT2D eigenvalue weighted by Crippen LogP contribution is -2.44. The van der Waals surface area contributed by atoms with E-state index in [0.717, 1.165) is 0 Å². The molecule has 6 heteroatoms. The molecule has 0 aromatic rings. The molecule has 0 saturated heterocycles. The highest BCUT2D eigenvalue weighted by atomic mass is 31.2. The molecule has 38 heavy (non-hydrogen) atoms. The SMILES string of the molecule is CCCC[P+](CCCC)(CCCC)CCCC.CCCC[P+](CCCC)(CCCC)CCCC.[O-]B([O-])O. The van der Waals surface area contributed by atoms with Crippen molar-refractivity contribution in [3.63, 3.8) is 0 Å². The minimum absolute atomic E-state index is 0.562. The topological polar surface area (TPSA) is 66.3 Å². The molecule has 0 fully saturated rings. The van der Waals surface area contributed by atoms with Gasteiger partial charge in [0.25, 0.3) is 0 Å². The van der Waals surface area contributed by atoms with Gasteiger partial charge in [0.2, 0.25) is 0 Å². The summed E-state index contributed by atoms with van der Waals surface area (Å²) in [4.78, 5) is 0. The van der Waals surface area contributed by atoms with Crippen molar-refractivity contribution < 1.29 is 15.1 Å². The largest absolute Gasteiger partial charge is 0.871 e. The van der Waals surface area contributed by atoms with E-state index in [1.54, 1.807) is 49.3 Å². The van der Waals surface area contributed by atoms with Gasteiger partial charge in [-0.15, -0.1) is 0 Å². The first-order chi connectivity index (χ1) is 18.2. The molecule has 0 aliphatic carbocycles. The van der Waals surface area contributed by atoms with Crippen LogP contribution < -0.4 is 10.0 Å². The maximum absolute atomic E-state index is 8.53. The predicted molar refractivity (Wildman–Crippen MR) is 180 cm³/mol. The first-order valence-corrected chi connectivity index (χ1v) is 22.0. The Labute approximate surface area is 244 Å². The fraction of sp³-hybridized carbons (Fsp3) is 1.00. The Hall–Kier alpha value is 0.805. The minimum atomic E-state index is -2.67. The lowest BCUT2D eigenvalue weighted by Gasteiger charge is -2.28. The molecule has 0 aliphatic rings. The van der Waals surface area contributed by atoms with Crippen molar-refractivity contribution in [2.75, 3.05) is 49.3 Å². The Morgan fingerprint density at radius 2 is 0.474 bits per heavy atom. The molecule has 0 spiro atoms. The van der Waals surface area contributed by atoms with Gasteiger partial charge in [-0.1, -0.05) is 107 Å². The van der Waals surface area contributed by atoms with Gasteiger partial charge in [-0.05, 0) is 51.4 Å². The predicted octanol–water partition coefficient (Wildman–Crippen LogP) is 9.09. The van der Waals surface area contributed by atoms with Gasteiger partial charge in [-0.2, -0.15) is 0 Å². The van der Waals surface area contributed by atoms with Crippen LogP contribution in [0.5, 0.6) is 0 Å². The number of rotatable bonds is 24. The summed E-state index contributed by atoms with van der Waals surface area (Å²) >= 11 is 0. The van der Waals surface area contributed by atoms with E-state index >= 15 is 0 Å². The molecule has 0 amide bonds. The van der Waals surface area contributed by atoms with Gasteiger partial charge in [0, 0.05) is 14.5 Å². The Kier molecular flexibility index (Phi) is 36.8. The van der Waals surface area contributed by atoms with Crippen molar-refractivity contribution in [1.82, 2.24) is 0 Å². The molecule has 232 valence electrons. The van der Waals surface area contributed by atoms with E-state index in [2.05, 4.69) is 55.4 Å². The average molecular weight is 579 g/mol. The molecule has 0 aliphatic heterocycles. The molecule has 0 saturated carbocycles. The third-order valence-corrected chi connectivity index (χ3v) is 18.0. The maximum atomic E-state index is 8.53. The normalized spacial score (nSPS) is 11.4. The van der Waals surface area contributed by atoms with Gasteiger partial charge in [-0.3, -0.25) is 0 Å². The second-order valence-corrected chi connectivity index (χ2v) is 20.6. The lowest BCUT2D eigenvalue weighted by molar-refractivity contribution is -0.376. The quantitative estimate of drug-likeness (QED) is 0.0918. The highest BCUT2D eigenvalue weighted by Crippen LogP contribution is 2.62. The van der Waals surface area contributed by atoms with Gasteiger partial charge in [0.1, 0.15) is 0 Å². The Balaban J connectivity index is -0.000000564. The summed E-state index contributed by atoms with van der Waals surface area (Å²) in [7, 11) is -3.79. The molecule has 0 heterocycles. The van der Waals surface area contributed by atoms with Crippen molar-refractivity contribution in [1.29, 1.82) is 0 Å². The minimum Gasteiger partial charge on any atom is -0.871 e. The van der Waals surface area contributed by atoms with Gasteiger partial charge in [0.05, 0.1) is 56.6 Å². The maximum Gasteiger partial charge on any atom is 0.0594 e. The molecule has 0 unspecified atom stereocenters. The molecule has 0 rings (SSSR count). The van der Waals surface area contributed by atoms with Gasteiger partial charge < -0.3 is 15.1 Å². The first kappa shape index (κ1) is 43.3. The third-order valence-electron chi connectivity index (χ3n) is 7.89. The standard InChI is InChI=1S/2C16H36P.BHO3/c2*1-5-9-13-17(14-10-6-2,15-11-7-3)16-12-8-4;2-1(3)4/h2*5-16H2,1-4H3;2H/q2*+1;-2. The number of hydrogen-bond donors (Lipinski definition) is 1. The average Bonchev–Trinajstić information content (AvgIpc) is 2.91. The zero-order chi connectivity index (χ0) is 29.5. The molecule has 3 nitrogen and oxygen atoms in total. The van der Waals surface area contributed by atoms with Crippen LogP contribution >= 0.6 is 14.5 Å². The number of hydrogen-bond acceptors (Lipinski definition) is 3. The van der Waals surface area contributed by atoms with Crippen molar-refractivity contribution in [3.05, 3.63) is 0 Å². The third kappa shape index (κ3) is 28.3. The van der Waals surface area contributed by atoms with Crippen LogP contribution in [0.25, 0.3) is 0 Å². The van der Waals surface area contributed by atoms with Crippen LogP contribution in [0.3, 0.4) is 0 Å². The van der Waals surface area contributed by atoms with Crippen LogP contribution in [0.4, 0.5) is 0 Å². The lowest BCUT2D eigenvalue weighted by atomic mass is 10.3. The van der Waals surface area contributed by atoms with Crippen LogP contribution in [-0.4, -0.2) is 61.6 Å². The molecule has 0 atom stereocenters. The van der Waals surface area contributed by atoms with Crippen LogP contribution in [0.15, 0.2) is 0 Å². The molecule has 0 aromatic carbocycles.